The average molecular weight is 314 g/mol. The van der Waals surface area contributed by atoms with E-state index in [-0.39, 0.29) is 11.8 Å². The van der Waals surface area contributed by atoms with Crippen LogP contribution in [0.15, 0.2) is 48.5 Å². The molecule has 0 unspecified atom stereocenters. The van der Waals surface area contributed by atoms with E-state index in [1.54, 1.807) is 36.3 Å². The molecule has 0 spiro atoms. The molecule has 2 rings (SSSR count). The Morgan fingerprint density at radius 1 is 1.17 bits per heavy atom. The fraction of sp³-hybridized carbons (Fsp3) is 0.278. The third kappa shape index (κ3) is 4.39. The number of amides is 2. The second-order valence-electron chi connectivity index (χ2n) is 5.18. The van der Waals surface area contributed by atoms with Crippen LogP contribution < -0.4 is 10.1 Å². The minimum absolute atomic E-state index is 0.193. The van der Waals surface area contributed by atoms with Crippen LogP contribution in [-0.2, 0) is 6.54 Å². The van der Waals surface area contributed by atoms with E-state index < -0.39 is 0 Å². The van der Waals surface area contributed by atoms with Crippen molar-refractivity contribution in [3.8, 4) is 11.5 Å². The smallest absolute Gasteiger partial charge is 0.322 e. The van der Waals surface area contributed by atoms with Gasteiger partial charge in [0, 0.05) is 12.1 Å². The number of carbonyl (C=O) groups is 1. The molecule has 2 amide bonds. The lowest BCUT2D eigenvalue weighted by atomic mass is 10.2. The van der Waals surface area contributed by atoms with Crippen LogP contribution in [0.1, 0.15) is 18.9 Å². The molecular formula is C18H22N2O3. The summed E-state index contributed by atoms with van der Waals surface area (Å²) in [5.74, 6) is 0.804. The van der Waals surface area contributed by atoms with E-state index in [1.807, 2.05) is 31.2 Å². The lowest BCUT2D eigenvalue weighted by Gasteiger charge is -2.23. The molecule has 2 aromatic rings. The number of phenolic OH excluding ortho intramolecular Hbond substituents is 1. The molecule has 0 fully saturated rings. The SMILES string of the molecule is CCCN(Cc1ccccc1O)C(=O)Nc1ccccc1OC. The fourth-order valence-electron chi connectivity index (χ4n) is 2.31. The lowest BCUT2D eigenvalue weighted by molar-refractivity contribution is 0.208. The van der Waals surface area contributed by atoms with E-state index in [1.165, 1.54) is 0 Å². The average Bonchev–Trinajstić information content (AvgIpc) is 2.56. The maximum Gasteiger partial charge on any atom is 0.322 e. The number of anilines is 1. The van der Waals surface area contributed by atoms with Crippen molar-refractivity contribution in [1.29, 1.82) is 0 Å². The summed E-state index contributed by atoms with van der Waals surface area (Å²) in [7, 11) is 1.57. The number of urea groups is 1. The highest BCUT2D eigenvalue weighted by Crippen LogP contribution is 2.24. The van der Waals surface area contributed by atoms with Gasteiger partial charge in [-0.25, -0.2) is 4.79 Å². The quantitative estimate of drug-likeness (QED) is 0.851. The molecule has 5 nitrogen and oxygen atoms in total. The summed E-state index contributed by atoms with van der Waals surface area (Å²) in [5.41, 5.74) is 1.34. The van der Waals surface area contributed by atoms with Crippen LogP contribution in [0.2, 0.25) is 0 Å². The van der Waals surface area contributed by atoms with Crippen molar-refractivity contribution in [2.75, 3.05) is 19.0 Å². The summed E-state index contributed by atoms with van der Waals surface area (Å²) in [4.78, 5) is 14.2. The van der Waals surface area contributed by atoms with Gasteiger partial charge in [-0.2, -0.15) is 0 Å². The number of nitrogens with one attached hydrogen (secondary N) is 1. The highest BCUT2D eigenvalue weighted by atomic mass is 16.5. The largest absolute Gasteiger partial charge is 0.508 e. The monoisotopic (exact) mass is 314 g/mol. The molecule has 2 aromatic carbocycles. The van der Waals surface area contributed by atoms with E-state index in [2.05, 4.69) is 5.32 Å². The minimum Gasteiger partial charge on any atom is -0.508 e. The van der Waals surface area contributed by atoms with Gasteiger partial charge < -0.3 is 20.1 Å². The summed E-state index contributed by atoms with van der Waals surface area (Å²) >= 11 is 0. The predicted molar refractivity (Wildman–Crippen MR) is 90.8 cm³/mol. The Morgan fingerprint density at radius 2 is 1.87 bits per heavy atom. The molecule has 5 heteroatoms. The van der Waals surface area contributed by atoms with E-state index in [4.69, 9.17) is 4.74 Å². The number of hydrogen-bond donors (Lipinski definition) is 2. The zero-order valence-electron chi connectivity index (χ0n) is 13.5. The summed E-state index contributed by atoms with van der Waals surface area (Å²) in [6, 6.07) is 14.1. The van der Waals surface area contributed by atoms with Gasteiger partial charge in [0.2, 0.25) is 0 Å². The molecule has 0 bridgehead atoms. The predicted octanol–water partition coefficient (Wildman–Crippen LogP) is 3.84. The molecule has 0 radical (unpaired) electrons. The molecule has 122 valence electrons. The van der Waals surface area contributed by atoms with Crippen molar-refractivity contribution in [3.63, 3.8) is 0 Å². The second kappa shape index (κ2) is 8.08. The van der Waals surface area contributed by atoms with Crippen LogP contribution in [0.4, 0.5) is 10.5 Å². The van der Waals surface area contributed by atoms with Crippen LogP contribution in [0, 0.1) is 0 Å². The fourth-order valence-corrected chi connectivity index (χ4v) is 2.31. The highest BCUT2D eigenvalue weighted by Gasteiger charge is 2.16. The number of para-hydroxylation sites is 3. The molecule has 0 aliphatic heterocycles. The molecule has 0 saturated carbocycles. The molecule has 0 atom stereocenters. The number of phenols is 1. The number of hydrogen-bond acceptors (Lipinski definition) is 3. The van der Waals surface area contributed by atoms with Crippen molar-refractivity contribution in [1.82, 2.24) is 4.90 Å². The third-order valence-corrected chi connectivity index (χ3v) is 3.48. The molecule has 0 heterocycles. The third-order valence-electron chi connectivity index (χ3n) is 3.48. The minimum atomic E-state index is -0.223. The first kappa shape index (κ1) is 16.7. The lowest BCUT2D eigenvalue weighted by Crippen LogP contribution is -2.35. The number of benzene rings is 2. The second-order valence-corrected chi connectivity index (χ2v) is 5.18. The topological polar surface area (TPSA) is 61.8 Å². The number of ether oxygens (including phenoxy) is 1. The van der Waals surface area contributed by atoms with Gasteiger partial charge >= 0.3 is 6.03 Å². The Hall–Kier alpha value is -2.69. The van der Waals surface area contributed by atoms with Crippen molar-refractivity contribution in [2.24, 2.45) is 0 Å². The van der Waals surface area contributed by atoms with Crippen LogP contribution in [0.3, 0.4) is 0 Å². The molecule has 0 aliphatic rings. The van der Waals surface area contributed by atoms with Crippen LogP contribution in [0.25, 0.3) is 0 Å². The molecular weight excluding hydrogens is 292 g/mol. The van der Waals surface area contributed by atoms with Crippen molar-refractivity contribution in [3.05, 3.63) is 54.1 Å². The van der Waals surface area contributed by atoms with Gasteiger partial charge in [0.05, 0.1) is 19.3 Å². The number of rotatable bonds is 6. The van der Waals surface area contributed by atoms with Gasteiger partial charge in [0.25, 0.3) is 0 Å². The van der Waals surface area contributed by atoms with Gasteiger partial charge in [0.1, 0.15) is 11.5 Å². The van der Waals surface area contributed by atoms with Gasteiger partial charge in [-0.15, -0.1) is 0 Å². The maximum absolute atomic E-state index is 12.6. The molecule has 0 saturated heterocycles. The first-order valence-electron chi connectivity index (χ1n) is 7.61. The number of methoxy groups -OCH3 is 1. The van der Waals surface area contributed by atoms with E-state index in [0.29, 0.717) is 24.5 Å². The zero-order valence-corrected chi connectivity index (χ0v) is 13.5. The van der Waals surface area contributed by atoms with Crippen molar-refractivity contribution in [2.45, 2.75) is 19.9 Å². The number of aromatic hydroxyl groups is 1. The summed E-state index contributed by atoms with van der Waals surface area (Å²) in [5, 5.41) is 12.8. The van der Waals surface area contributed by atoms with E-state index in [9.17, 15) is 9.90 Å². The molecule has 0 aromatic heterocycles. The summed E-state index contributed by atoms with van der Waals surface area (Å²) in [6.45, 7) is 2.95. The highest BCUT2D eigenvalue weighted by molar-refractivity contribution is 5.91. The Labute approximate surface area is 136 Å². The van der Waals surface area contributed by atoms with Gasteiger partial charge in [-0.3, -0.25) is 0 Å². The summed E-state index contributed by atoms with van der Waals surface area (Å²) in [6.07, 6.45) is 0.826. The first-order chi connectivity index (χ1) is 11.2. The van der Waals surface area contributed by atoms with Gasteiger partial charge in [-0.05, 0) is 24.6 Å². The summed E-state index contributed by atoms with van der Waals surface area (Å²) < 4.78 is 5.25. The Balaban J connectivity index is 2.14. The van der Waals surface area contributed by atoms with Crippen molar-refractivity contribution >= 4 is 11.7 Å². The number of carbonyl (C=O) groups excluding carboxylic acids is 1. The normalized spacial score (nSPS) is 10.2. The van der Waals surface area contributed by atoms with Crippen LogP contribution in [0.5, 0.6) is 11.5 Å². The Bertz CT molecular complexity index is 658. The molecule has 0 aliphatic carbocycles. The zero-order chi connectivity index (χ0) is 16.7. The van der Waals surface area contributed by atoms with Crippen LogP contribution >= 0.6 is 0 Å². The van der Waals surface area contributed by atoms with Crippen molar-refractivity contribution < 1.29 is 14.6 Å². The maximum atomic E-state index is 12.6. The standard InChI is InChI=1S/C18H22N2O3/c1-3-12-20(13-14-8-4-6-10-16(14)21)18(22)19-15-9-5-7-11-17(15)23-2/h4-11,21H,3,12-13H2,1-2H3,(H,19,22). The molecule has 23 heavy (non-hydrogen) atoms. The van der Waals surface area contributed by atoms with E-state index >= 15 is 0 Å². The first-order valence-corrected chi connectivity index (χ1v) is 7.61. The van der Waals surface area contributed by atoms with Gasteiger partial charge in [-0.1, -0.05) is 37.3 Å². The Morgan fingerprint density at radius 3 is 2.57 bits per heavy atom. The molecule has 2 N–H and O–H groups in total. The van der Waals surface area contributed by atoms with Gasteiger partial charge in [0.15, 0.2) is 0 Å². The number of nitrogens with zero attached hydrogens (tertiary/aromatic N) is 1. The Kier molecular flexibility index (Phi) is 5.86. The van der Waals surface area contributed by atoms with E-state index in [0.717, 1.165) is 12.0 Å². The van der Waals surface area contributed by atoms with Crippen LogP contribution in [-0.4, -0.2) is 29.7 Å².